The van der Waals surface area contributed by atoms with Gasteiger partial charge in [-0.3, -0.25) is 9.59 Å². The van der Waals surface area contributed by atoms with Crippen molar-refractivity contribution in [1.82, 2.24) is 10.2 Å². The van der Waals surface area contributed by atoms with Gasteiger partial charge < -0.3 is 14.6 Å². The average Bonchev–Trinajstić information content (AvgIpc) is 2.89. The Morgan fingerprint density at radius 1 is 1.38 bits per heavy atom. The number of nitrogens with one attached hydrogen (secondary N) is 1. The third kappa shape index (κ3) is 3.56. The number of likely N-dealkylation sites (tertiary alicyclic amines) is 1. The summed E-state index contributed by atoms with van der Waals surface area (Å²) in [6, 6.07) is -1.00. The summed E-state index contributed by atoms with van der Waals surface area (Å²) in [5.41, 5.74) is 0.0627. The van der Waals surface area contributed by atoms with E-state index in [9.17, 15) is 22.8 Å². The Kier molecular flexibility index (Phi) is 4.24. The van der Waals surface area contributed by atoms with Gasteiger partial charge in [0.1, 0.15) is 12.3 Å². The first kappa shape index (κ1) is 15.4. The summed E-state index contributed by atoms with van der Waals surface area (Å²) in [6.45, 7) is 1.12. The van der Waals surface area contributed by atoms with Crippen molar-refractivity contribution in [2.75, 3.05) is 6.54 Å². The van der Waals surface area contributed by atoms with Gasteiger partial charge in [-0.25, -0.2) is 0 Å². The van der Waals surface area contributed by atoms with E-state index in [1.165, 1.54) is 19.3 Å². The lowest BCUT2D eigenvalue weighted by Gasteiger charge is -2.40. The number of alkyl halides is 3. The quantitative estimate of drug-likeness (QED) is 0.908. The Labute approximate surface area is 119 Å². The maximum absolute atomic E-state index is 13.1. The molecule has 1 fully saturated rings. The first-order valence-corrected chi connectivity index (χ1v) is 6.46. The number of nitrogens with zero attached hydrogens (tertiary/aromatic N) is 1. The lowest BCUT2D eigenvalue weighted by Crippen LogP contribution is -2.58. The lowest BCUT2D eigenvalue weighted by molar-refractivity contribution is -0.184. The highest BCUT2D eigenvalue weighted by Gasteiger charge is 2.48. The Bertz CT molecular complexity index is 513. The minimum atomic E-state index is -4.50. The van der Waals surface area contributed by atoms with E-state index in [1.807, 2.05) is 0 Å². The molecular formula is C13H15F3N2O3. The van der Waals surface area contributed by atoms with E-state index in [0.29, 0.717) is 0 Å². The fraction of sp³-hybridized carbons (Fsp3) is 0.538. The zero-order valence-corrected chi connectivity index (χ0v) is 11.3. The molecule has 0 saturated carbocycles. The van der Waals surface area contributed by atoms with Crippen molar-refractivity contribution in [2.24, 2.45) is 0 Å². The molecule has 0 unspecified atom stereocenters. The van der Waals surface area contributed by atoms with Crippen molar-refractivity contribution < 1.29 is 27.2 Å². The highest BCUT2D eigenvalue weighted by Crippen LogP contribution is 2.33. The van der Waals surface area contributed by atoms with Crippen molar-refractivity contribution in [1.29, 1.82) is 0 Å². The molecule has 1 aromatic rings. The summed E-state index contributed by atoms with van der Waals surface area (Å²) in [4.78, 5) is 24.0. The highest BCUT2D eigenvalue weighted by atomic mass is 19.4. The normalized spacial score (nSPS) is 23.0. The van der Waals surface area contributed by atoms with Crippen molar-refractivity contribution >= 4 is 11.8 Å². The Morgan fingerprint density at radius 2 is 2.10 bits per heavy atom. The number of rotatable bonds is 2. The molecule has 0 spiro atoms. The first-order chi connectivity index (χ1) is 9.79. The third-order valence-electron chi connectivity index (χ3n) is 3.40. The second-order valence-corrected chi connectivity index (χ2v) is 5.00. The molecule has 2 rings (SSSR count). The SMILES string of the molecule is CC(=O)N[C@H]1CC[C@@H](C(F)(F)F)N(C(=O)c2ccoc2)C1. The van der Waals surface area contributed by atoms with Crippen LogP contribution in [-0.2, 0) is 4.79 Å². The molecule has 2 heterocycles. The van der Waals surface area contributed by atoms with Crippen LogP contribution in [0.4, 0.5) is 13.2 Å². The van der Waals surface area contributed by atoms with Crippen LogP contribution in [0.1, 0.15) is 30.1 Å². The van der Waals surface area contributed by atoms with Crippen LogP contribution in [-0.4, -0.2) is 41.5 Å². The van der Waals surface area contributed by atoms with Gasteiger partial charge >= 0.3 is 6.18 Å². The average molecular weight is 304 g/mol. The van der Waals surface area contributed by atoms with Crippen LogP contribution in [0.25, 0.3) is 0 Å². The van der Waals surface area contributed by atoms with Crippen LogP contribution in [0.15, 0.2) is 23.0 Å². The molecule has 1 N–H and O–H groups in total. The summed E-state index contributed by atoms with van der Waals surface area (Å²) in [6.07, 6.45) is -2.22. The zero-order valence-electron chi connectivity index (χ0n) is 11.3. The van der Waals surface area contributed by atoms with Gasteiger partial charge in [0.05, 0.1) is 11.8 Å². The van der Waals surface area contributed by atoms with Gasteiger partial charge in [0.2, 0.25) is 5.91 Å². The Morgan fingerprint density at radius 3 is 2.62 bits per heavy atom. The summed E-state index contributed by atoms with van der Waals surface area (Å²) in [7, 11) is 0. The number of carbonyl (C=O) groups excluding carboxylic acids is 2. The number of hydrogen-bond acceptors (Lipinski definition) is 3. The number of carbonyl (C=O) groups is 2. The van der Waals surface area contributed by atoms with Crippen LogP contribution in [0, 0.1) is 0 Å². The zero-order chi connectivity index (χ0) is 15.6. The van der Waals surface area contributed by atoms with E-state index in [1.54, 1.807) is 0 Å². The number of halogens is 3. The van der Waals surface area contributed by atoms with Gasteiger partial charge in [-0.05, 0) is 18.9 Å². The third-order valence-corrected chi connectivity index (χ3v) is 3.40. The van der Waals surface area contributed by atoms with E-state index < -0.39 is 24.2 Å². The second-order valence-electron chi connectivity index (χ2n) is 5.00. The van der Waals surface area contributed by atoms with Crippen LogP contribution in [0.5, 0.6) is 0 Å². The molecule has 1 aliphatic rings. The predicted octanol–water partition coefficient (Wildman–Crippen LogP) is 1.95. The molecule has 0 aliphatic carbocycles. The van der Waals surface area contributed by atoms with E-state index >= 15 is 0 Å². The molecule has 1 saturated heterocycles. The van der Waals surface area contributed by atoms with Gasteiger partial charge in [0, 0.05) is 19.5 Å². The van der Waals surface area contributed by atoms with Crippen LogP contribution in [0.2, 0.25) is 0 Å². The fourth-order valence-corrected chi connectivity index (χ4v) is 2.49. The maximum Gasteiger partial charge on any atom is 0.408 e. The van der Waals surface area contributed by atoms with Crippen molar-refractivity contribution in [2.45, 2.75) is 38.0 Å². The largest absolute Gasteiger partial charge is 0.472 e. The summed E-state index contributed by atoms with van der Waals surface area (Å²) in [5, 5.41) is 2.56. The van der Waals surface area contributed by atoms with Gasteiger partial charge in [-0.15, -0.1) is 0 Å². The smallest absolute Gasteiger partial charge is 0.408 e. The molecule has 21 heavy (non-hydrogen) atoms. The fourth-order valence-electron chi connectivity index (χ4n) is 2.49. The van der Waals surface area contributed by atoms with Gasteiger partial charge in [0.25, 0.3) is 5.91 Å². The summed E-state index contributed by atoms with van der Waals surface area (Å²) >= 11 is 0. The van der Waals surface area contributed by atoms with Gasteiger partial charge in [-0.1, -0.05) is 0 Å². The van der Waals surface area contributed by atoms with Crippen LogP contribution >= 0.6 is 0 Å². The predicted molar refractivity (Wildman–Crippen MR) is 66.4 cm³/mol. The van der Waals surface area contributed by atoms with Gasteiger partial charge in [-0.2, -0.15) is 13.2 Å². The van der Waals surface area contributed by atoms with Crippen molar-refractivity contribution in [3.8, 4) is 0 Å². The molecule has 0 aromatic carbocycles. The number of hydrogen-bond donors (Lipinski definition) is 1. The van der Waals surface area contributed by atoms with Crippen LogP contribution in [0.3, 0.4) is 0 Å². The topological polar surface area (TPSA) is 62.6 Å². The summed E-state index contributed by atoms with van der Waals surface area (Å²) < 4.78 is 44.0. The number of piperidine rings is 1. The monoisotopic (exact) mass is 304 g/mol. The summed E-state index contributed by atoms with van der Waals surface area (Å²) in [5.74, 6) is -1.08. The van der Waals surface area contributed by atoms with E-state index in [0.717, 1.165) is 11.2 Å². The van der Waals surface area contributed by atoms with Crippen molar-refractivity contribution in [3.63, 3.8) is 0 Å². The van der Waals surface area contributed by atoms with E-state index in [4.69, 9.17) is 4.42 Å². The van der Waals surface area contributed by atoms with Crippen LogP contribution < -0.4 is 5.32 Å². The molecule has 0 radical (unpaired) electrons. The van der Waals surface area contributed by atoms with Crippen molar-refractivity contribution in [3.05, 3.63) is 24.2 Å². The lowest BCUT2D eigenvalue weighted by atomic mass is 9.97. The standard InChI is InChI=1S/C13H15F3N2O3/c1-8(19)17-10-2-3-11(13(14,15)16)18(6-10)12(20)9-4-5-21-7-9/h4-5,7,10-11H,2-3,6H2,1H3,(H,17,19)/t10-,11-/m0/s1. The second kappa shape index (κ2) is 5.79. The molecule has 0 bridgehead atoms. The molecule has 116 valence electrons. The molecule has 2 amide bonds. The molecule has 8 heteroatoms. The number of amides is 2. The first-order valence-electron chi connectivity index (χ1n) is 6.46. The molecule has 1 aliphatic heterocycles. The maximum atomic E-state index is 13.1. The number of furan rings is 1. The minimum Gasteiger partial charge on any atom is -0.472 e. The molecule has 1 aromatic heterocycles. The minimum absolute atomic E-state index is 0.0627. The molecular weight excluding hydrogens is 289 g/mol. The Hall–Kier alpha value is -1.99. The van der Waals surface area contributed by atoms with E-state index in [2.05, 4.69) is 5.32 Å². The van der Waals surface area contributed by atoms with Gasteiger partial charge in [0.15, 0.2) is 0 Å². The van der Waals surface area contributed by atoms with E-state index in [-0.39, 0.29) is 30.9 Å². The highest BCUT2D eigenvalue weighted by molar-refractivity contribution is 5.94. The molecule has 2 atom stereocenters. The Balaban J connectivity index is 2.20. The molecule has 5 nitrogen and oxygen atoms in total.